The number of benzene rings is 1. The Morgan fingerprint density at radius 3 is 2.48 bits per heavy atom. The lowest BCUT2D eigenvalue weighted by atomic mass is 10.1. The molecule has 0 fully saturated rings. The van der Waals surface area contributed by atoms with E-state index in [1.54, 1.807) is 0 Å². The molecule has 0 spiro atoms. The number of carbonyl (C=O) groups is 2. The molecule has 0 aromatic heterocycles. The first-order valence-corrected chi connectivity index (χ1v) is 5.69. The van der Waals surface area contributed by atoms with Crippen molar-refractivity contribution in [1.82, 2.24) is 0 Å². The summed E-state index contributed by atoms with van der Waals surface area (Å²) in [6, 6.07) is 1.99. The molecule has 0 saturated heterocycles. The summed E-state index contributed by atoms with van der Waals surface area (Å²) < 4.78 is 42.4. The first kappa shape index (κ1) is 16.9. The number of carboxylic acid groups (broad SMARTS) is 1. The minimum atomic E-state index is -4.68. The maximum absolute atomic E-state index is 12.5. The van der Waals surface area contributed by atoms with Crippen LogP contribution < -0.4 is 11.1 Å². The van der Waals surface area contributed by atoms with Gasteiger partial charge in [-0.2, -0.15) is 13.2 Å². The predicted octanol–water partition coefficient (Wildman–Crippen LogP) is 1.32. The maximum Gasteiger partial charge on any atom is 0.416 e. The van der Waals surface area contributed by atoms with E-state index >= 15 is 0 Å². The molecule has 9 heteroatoms. The van der Waals surface area contributed by atoms with Gasteiger partial charge in [-0.1, -0.05) is 0 Å². The molecule has 0 heterocycles. The highest BCUT2D eigenvalue weighted by atomic mass is 19.4. The van der Waals surface area contributed by atoms with Crippen LogP contribution in [0, 0.1) is 0 Å². The number of rotatable bonds is 5. The lowest BCUT2D eigenvalue weighted by molar-refractivity contribution is -0.137. The Balaban J connectivity index is 3.13. The van der Waals surface area contributed by atoms with E-state index in [4.69, 9.17) is 15.6 Å². The van der Waals surface area contributed by atoms with E-state index in [1.807, 2.05) is 0 Å². The molecule has 1 atom stereocenters. The molecule has 1 aromatic carbocycles. The van der Waals surface area contributed by atoms with Crippen LogP contribution in [0.3, 0.4) is 0 Å². The van der Waals surface area contributed by atoms with Gasteiger partial charge in [-0.15, -0.1) is 0 Å². The van der Waals surface area contributed by atoms with E-state index in [-0.39, 0.29) is 12.2 Å². The molecule has 6 nitrogen and oxygen atoms in total. The van der Waals surface area contributed by atoms with Gasteiger partial charge in [0, 0.05) is 13.7 Å². The number of alkyl halides is 3. The van der Waals surface area contributed by atoms with E-state index in [9.17, 15) is 22.8 Å². The molecule has 0 saturated carbocycles. The van der Waals surface area contributed by atoms with E-state index in [0.29, 0.717) is 12.1 Å². The third kappa shape index (κ3) is 4.17. The number of ether oxygens (including phenoxy) is 1. The number of nitrogens with one attached hydrogen (secondary N) is 1. The second-order valence-corrected chi connectivity index (χ2v) is 4.01. The molecule has 0 bridgehead atoms. The summed E-state index contributed by atoms with van der Waals surface area (Å²) in [4.78, 5) is 22.7. The molecular formula is C12H13F3N2O4. The number of hydrogen-bond donors (Lipinski definition) is 3. The minimum absolute atomic E-state index is 0.161. The van der Waals surface area contributed by atoms with Crippen molar-refractivity contribution in [3.8, 4) is 0 Å². The third-order valence-electron chi connectivity index (χ3n) is 2.63. The lowest BCUT2D eigenvalue weighted by Crippen LogP contribution is -2.36. The summed E-state index contributed by atoms with van der Waals surface area (Å²) in [5.74, 6) is -2.35. The van der Waals surface area contributed by atoms with E-state index in [1.165, 1.54) is 7.11 Å². The molecule has 1 aromatic rings. The van der Waals surface area contributed by atoms with E-state index < -0.39 is 35.3 Å². The molecule has 1 amide bonds. The Bertz CT molecular complexity index is 542. The van der Waals surface area contributed by atoms with Crippen LogP contribution >= 0.6 is 0 Å². The highest BCUT2D eigenvalue weighted by Gasteiger charge is 2.32. The fourth-order valence-corrected chi connectivity index (χ4v) is 1.53. The number of carbonyl (C=O) groups excluding carboxylic acids is 1. The van der Waals surface area contributed by atoms with Crippen molar-refractivity contribution in [1.29, 1.82) is 0 Å². The van der Waals surface area contributed by atoms with Gasteiger partial charge in [-0.25, -0.2) is 4.79 Å². The molecule has 21 heavy (non-hydrogen) atoms. The van der Waals surface area contributed by atoms with Crippen LogP contribution in [0.15, 0.2) is 18.2 Å². The zero-order valence-electron chi connectivity index (χ0n) is 10.9. The first-order valence-electron chi connectivity index (χ1n) is 5.69. The topological polar surface area (TPSA) is 102 Å². The normalized spacial score (nSPS) is 12.8. The molecule has 1 unspecified atom stereocenters. The number of carboxylic acids is 1. The summed E-state index contributed by atoms with van der Waals surface area (Å²) in [7, 11) is 1.22. The van der Waals surface area contributed by atoms with E-state index in [2.05, 4.69) is 5.32 Å². The quantitative estimate of drug-likeness (QED) is 0.761. The van der Waals surface area contributed by atoms with Crippen LogP contribution in [0.2, 0.25) is 0 Å². The third-order valence-corrected chi connectivity index (χ3v) is 2.63. The SMILES string of the molecule is COC(CN)C(=O)Nc1ccc(C(F)(F)F)cc1C(=O)O. The van der Waals surface area contributed by atoms with Crippen LogP contribution in [-0.2, 0) is 15.7 Å². The fraction of sp³-hybridized carbons (Fsp3) is 0.333. The van der Waals surface area contributed by atoms with Gasteiger partial charge in [0.25, 0.3) is 5.91 Å². The second-order valence-electron chi connectivity index (χ2n) is 4.01. The van der Waals surface area contributed by atoms with Crippen LogP contribution in [0.25, 0.3) is 0 Å². The predicted molar refractivity (Wildman–Crippen MR) is 66.9 cm³/mol. The number of amides is 1. The van der Waals surface area contributed by atoms with Crippen molar-refractivity contribution >= 4 is 17.6 Å². The Labute approximate surface area is 117 Å². The Kier molecular flexibility index (Phi) is 5.28. The number of nitrogens with two attached hydrogens (primary N) is 1. The summed E-state index contributed by atoms with van der Waals surface area (Å²) in [5.41, 5.74) is 3.20. The van der Waals surface area contributed by atoms with Gasteiger partial charge in [0.05, 0.1) is 16.8 Å². The van der Waals surface area contributed by atoms with Gasteiger partial charge in [-0.3, -0.25) is 4.79 Å². The number of methoxy groups -OCH3 is 1. The average molecular weight is 306 g/mol. The Hall–Kier alpha value is -2.13. The molecule has 1 rings (SSSR count). The Morgan fingerprint density at radius 1 is 1.43 bits per heavy atom. The summed E-state index contributed by atoms with van der Waals surface area (Å²) >= 11 is 0. The fourth-order valence-electron chi connectivity index (χ4n) is 1.53. The van der Waals surface area contributed by atoms with Crippen LogP contribution in [0.4, 0.5) is 18.9 Å². The first-order chi connectivity index (χ1) is 9.70. The maximum atomic E-state index is 12.5. The number of anilines is 1. The van der Waals surface area contributed by atoms with Gasteiger partial charge in [0.2, 0.25) is 0 Å². The van der Waals surface area contributed by atoms with Gasteiger partial charge in [0.15, 0.2) is 0 Å². The van der Waals surface area contributed by atoms with Crippen molar-refractivity contribution in [3.05, 3.63) is 29.3 Å². The highest BCUT2D eigenvalue weighted by molar-refractivity contribution is 6.02. The summed E-state index contributed by atoms with van der Waals surface area (Å²) in [6.07, 6.45) is -5.71. The molecule has 0 aliphatic carbocycles. The monoisotopic (exact) mass is 306 g/mol. The van der Waals surface area contributed by atoms with Crippen LogP contribution in [0.1, 0.15) is 15.9 Å². The van der Waals surface area contributed by atoms with Crippen molar-refractivity contribution in [2.45, 2.75) is 12.3 Å². The molecule has 0 aliphatic rings. The molecular weight excluding hydrogens is 293 g/mol. The summed E-state index contributed by atoms with van der Waals surface area (Å²) in [5, 5.41) is 11.1. The molecule has 4 N–H and O–H groups in total. The molecule has 0 aliphatic heterocycles. The zero-order chi connectivity index (χ0) is 16.2. The van der Waals surface area contributed by atoms with Gasteiger partial charge in [-0.05, 0) is 18.2 Å². The van der Waals surface area contributed by atoms with E-state index in [0.717, 1.165) is 6.07 Å². The number of halogens is 3. The standard InChI is InChI=1S/C12H13F3N2O4/c1-21-9(5-16)10(18)17-8-3-2-6(12(13,14)15)4-7(8)11(19)20/h2-4,9H,5,16H2,1H3,(H,17,18)(H,19,20). The molecule has 116 valence electrons. The largest absolute Gasteiger partial charge is 0.478 e. The smallest absolute Gasteiger partial charge is 0.416 e. The van der Waals surface area contributed by atoms with Crippen LogP contribution in [0.5, 0.6) is 0 Å². The minimum Gasteiger partial charge on any atom is -0.478 e. The average Bonchev–Trinajstić information content (AvgIpc) is 2.38. The van der Waals surface area contributed by atoms with Crippen molar-refractivity contribution in [3.63, 3.8) is 0 Å². The van der Waals surface area contributed by atoms with Crippen molar-refractivity contribution in [2.75, 3.05) is 19.0 Å². The van der Waals surface area contributed by atoms with Gasteiger partial charge >= 0.3 is 12.1 Å². The Morgan fingerprint density at radius 2 is 2.05 bits per heavy atom. The summed E-state index contributed by atoms with van der Waals surface area (Å²) in [6.45, 7) is -0.161. The van der Waals surface area contributed by atoms with Crippen molar-refractivity contribution in [2.24, 2.45) is 5.73 Å². The number of hydrogen-bond acceptors (Lipinski definition) is 4. The molecule has 0 radical (unpaired) electrons. The van der Waals surface area contributed by atoms with Crippen LogP contribution in [-0.4, -0.2) is 36.7 Å². The van der Waals surface area contributed by atoms with Crippen molar-refractivity contribution < 1.29 is 32.6 Å². The zero-order valence-corrected chi connectivity index (χ0v) is 10.9. The lowest BCUT2D eigenvalue weighted by Gasteiger charge is -2.15. The second kappa shape index (κ2) is 6.55. The number of aromatic carboxylic acids is 1. The highest BCUT2D eigenvalue weighted by Crippen LogP contribution is 2.31. The van der Waals surface area contributed by atoms with Gasteiger partial charge < -0.3 is 20.9 Å². The van der Waals surface area contributed by atoms with Gasteiger partial charge in [0.1, 0.15) is 6.10 Å².